The molecule has 1 aliphatic carbocycles. The van der Waals surface area contributed by atoms with Crippen LogP contribution in [0.4, 0.5) is 0 Å². The van der Waals surface area contributed by atoms with Gasteiger partial charge in [-0.15, -0.1) is 0 Å². The van der Waals surface area contributed by atoms with Crippen molar-refractivity contribution in [2.75, 3.05) is 12.8 Å². The quantitative estimate of drug-likeness (QED) is 0.504. The molecular formula is C20H29O4P. The number of ether oxygens (including phenoxy) is 1. The maximum Gasteiger partial charge on any atom is 0.313 e. The third-order valence-corrected chi connectivity index (χ3v) is 8.32. The molecule has 1 atom stereocenters. The minimum Gasteiger partial charge on any atom is -0.465 e. The summed E-state index contributed by atoms with van der Waals surface area (Å²) >= 11 is 0. The lowest BCUT2D eigenvalue weighted by Crippen LogP contribution is -2.22. The Balaban J connectivity index is 2.40. The largest absolute Gasteiger partial charge is 0.465 e. The second-order valence-electron chi connectivity index (χ2n) is 7.19. The summed E-state index contributed by atoms with van der Waals surface area (Å²) < 4.78 is 19.0. The number of aryl methyl sites for hydroxylation is 3. The number of benzene rings is 1. The van der Waals surface area contributed by atoms with Crippen molar-refractivity contribution in [3.05, 3.63) is 34.4 Å². The van der Waals surface area contributed by atoms with Gasteiger partial charge in [0, 0.05) is 11.2 Å². The van der Waals surface area contributed by atoms with Crippen LogP contribution in [0.5, 0.6) is 0 Å². The fraction of sp³-hybridized carbons (Fsp3) is 0.600. The highest BCUT2D eigenvalue weighted by Crippen LogP contribution is 2.59. The molecule has 0 spiro atoms. The third kappa shape index (κ3) is 4.41. The lowest BCUT2D eigenvalue weighted by molar-refractivity contribution is -0.140. The summed E-state index contributed by atoms with van der Waals surface area (Å²) in [5, 5.41) is 0. The molecule has 0 heterocycles. The van der Waals surface area contributed by atoms with Crippen LogP contribution in [-0.2, 0) is 14.1 Å². The first-order chi connectivity index (χ1) is 11.8. The minimum atomic E-state index is -3.36. The molecule has 25 heavy (non-hydrogen) atoms. The summed E-state index contributed by atoms with van der Waals surface area (Å²) in [6, 6.07) is 3.88. The molecule has 4 nitrogen and oxygen atoms in total. The highest BCUT2D eigenvalue weighted by molar-refractivity contribution is 7.82. The Morgan fingerprint density at radius 2 is 1.68 bits per heavy atom. The molecule has 0 bridgehead atoms. The van der Waals surface area contributed by atoms with Gasteiger partial charge in [0.05, 0.1) is 6.61 Å². The van der Waals surface area contributed by atoms with Crippen LogP contribution in [0.15, 0.2) is 12.1 Å². The van der Waals surface area contributed by atoms with E-state index < -0.39 is 13.1 Å². The van der Waals surface area contributed by atoms with Crippen molar-refractivity contribution in [1.82, 2.24) is 0 Å². The monoisotopic (exact) mass is 364 g/mol. The molecule has 0 N–H and O–H groups in total. The van der Waals surface area contributed by atoms with E-state index in [1.165, 1.54) is 0 Å². The van der Waals surface area contributed by atoms with Crippen LogP contribution in [0, 0.1) is 20.8 Å². The van der Waals surface area contributed by atoms with Crippen molar-refractivity contribution in [3.63, 3.8) is 0 Å². The first-order valence-corrected chi connectivity index (χ1v) is 11.1. The standard InChI is InChI=1S/C20H29O4P/c1-5-10-24-18(21)13-25(23,17-8-6-7-9-17)20(22)19-15(3)11-14(2)12-16(19)4/h11-12,17H,5-10,13H2,1-4H3. The van der Waals surface area contributed by atoms with E-state index in [1.807, 2.05) is 39.8 Å². The first-order valence-electron chi connectivity index (χ1n) is 9.16. The van der Waals surface area contributed by atoms with Gasteiger partial charge in [-0.3, -0.25) is 9.59 Å². The molecule has 0 saturated heterocycles. The summed E-state index contributed by atoms with van der Waals surface area (Å²) in [5.41, 5.74) is 2.76. The SMILES string of the molecule is CCCOC(=O)CP(=O)(C(=O)c1c(C)cc(C)cc1C)C1CCCC1. The zero-order valence-corrected chi connectivity index (χ0v) is 16.7. The topological polar surface area (TPSA) is 60.4 Å². The number of esters is 1. The Labute approximate surface area is 150 Å². The fourth-order valence-electron chi connectivity index (χ4n) is 3.85. The van der Waals surface area contributed by atoms with E-state index in [0.29, 0.717) is 18.6 Å². The summed E-state index contributed by atoms with van der Waals surface area (Å²) in [6.45, 7) is 7.95. The molecule has 1 fully saturated rings. The summed E-state index contributed by atoms with van der Waals surface area (Å²) in [5.74, 6) is -0.507. The van der Waals surface area contributed by atoms with E-state index in [0.717, 1.165) is 42.4 Å². The molecule has 0 radical (unpaired) electrons. The second-order valence-corrected chi connectivity index (χ2v) is 10.2. The average molecular weight is 364 g/mol. The Morgan fingerprint density at radius 1 is 1.12 bits per heavy atom. The van der Waals surface area contributed by atoms with Crippen molar-refractivity contribution in [2.45, 2.75) is 65.5 Å². The average Bonchev–Trinajstić information content (AvgIpc) is 3.06. The molecule has 1 aromatic carbocycles. The van der Waals surface area contributed by atoms with Crippen LogP contribution in [0.3, 0.4) is 0 Å². The van der Waals surface area contributed by atoms with Gasteiger partial charge in [0.1, 0.15) is 6.16 Å². The number of hydrogen-bond acceptors (Lipinski definition) is 4. The number of carbonyl (C=O) groups excluding carboxylic acids is 2. The minimum absolute atomic E-state index is 0.186. The molecule has 0 aromatic heterocycles. The van der Waals surface area contributed by atoms with Gasteiger partial charge < -0.3 is 9.30 Å². The van der Waals surface area contributed by atoms with Crippen molar-refractivity contribution >= 4 is 18.6 Å². The van der Waals surface area contributed by atoms with E-state index in [-0.39, 0.29) is 17.3 Å². The molecule has 5 heteroatoms. The van der Waals surface area contributed by atoms with Crippen molar-refractivity contribution in [2.24, 2.45) is 0 Å². The molecule has 138 valence electrons. The summed E-state index contributed by atoms with van der Waals surface area (Å²) in [6.07, 6.45) is 3.91. The number of rotatable bonds is 7. The molecule has 1 aliphatic rings. The van der Waals surface area contributed by atoms with Gasteiger partial charge in [0.2, 0.25) is 5.52 Å². The smallest absolute Gasteiger partial charge is 0.313 e. The van der Waals surface area contributed by atoms with Crippen LogP contribution in [0.1, 0.15) is 66.1 Å². The van der Waals surface area contributed by atoms with Gasteiger partial charge in [-0.2, -0.15) is 0 Å². The van der Waals surface area contributed by atoms with Crippen molar-refractivity contribution < 1.29 is 18.9 Å². The lowest BCUT2D eigenvalue weighted by Gasteiger charge is -2.24. The predicted molar refractivity (Wildman–Crippen MR) is 101 cm³/mol. The summed E-state index contributed by atoms with van der Waals surface area (Å²) in [4.78, 5) is 25.5. The predicted octanol–water partition coefficient (Wildman–Crippen LogP) is 5.01. The molecule has 0 aliphatic heterocycles. The zero-order valence-electron chi connectivity index (χ0n) is 15.8. The highest BCUT2D eigenvalue weighted by atomic mass is 31.2. The van der Waals surface area contributed by atoms with E-state index >= 15 is 0 Å². The van der Waals surface area contributed by atoms with E-state index in [9.17, 15) is 14.2 Å². The van der Waals surface area contributed by atoms with E-state index in [1.54, 1.807) is 0 Å². The van der Waals surface area contributed by atoms with Crippen LogP contribution < -0.4 is 0 Å². The van der Waals surface area contributed by atoms with E-state index in [2.05, 4.69) is 0 Å². The third-order valence-electron chi connectivity index (χ3n) is 4.98. The van der Waals surface area contributed by atoms with Crippen LogP contribution >= 0.6 is 7.14 Å². The van der Waals surface area contributed by atoms with Gasteiger partial charge in [-0.1, -0.05) is 37.5 Å². The maximum atomic E-state index is 13.8. The molecule has 2 rings (SSSR count). The van der Waals surface area contributed by atoms with Gasteiger partial charge in [-0.25, -0.2) is 0 Å². The molecule has 1 aromatic rings. The normalized spacial score (nSPS) is 17.3. The Kier molecular flexibility index (Phi) is 6.62. The summed E-state index contributed by atoms with van der Waals surface area (Å²) in [7, 11) is -3.36. The lowest BCUT2D eigenvalue weighted by atomic mass is 10.0. The van der Waals surface area contributed by atoms with E-state index in [4.69, 9.17) is 4.74 Å². The maximum absolute atomic E-state index is 13.8. The van der Waals surface area contributed by atoms with Crippen molar-refractivity contribution in [1.29, 1.82) is 0 Å². The second kappa shape index (κ2) is 8.31. The number of hydrogen-bond donors (Lipinski definition) is 0. The molecular weight excluding hydrogens is 335 g/mol. The molecule has 0 amide bonds. The van der Waals surface area contributed by atoms with Crippen LogP contribution in [-0.4, -0.2) is 29.9 Å². The van der Waals surface area contributed by atoms with Gasteiger partial charge in [0.25, 0.3) is 0 Å². The molecule has 1 unspecified atom stereocenters. The molecule has 1 saturated carbocycles. The van der Waals surface area contributed by atoms with Gasteiger partial charge in [0.15, 0.2) is 7.14 Å². The van der Waals surface area contributed by atoms with Crippen molar-refractivity contribution in [3.8, 4) is 0 Å². The van der Waals surface area contributed by atoms with Crippen LogP contribution in [0.2, 0.25) is 0 Å². The Hall–Kier alpha value is -1.41. The van der Waals surface area contributed by atoms with Gasteiger partial charge in [-0.05, 0) is 51.2 Å². The Morgan fingerprint density at radius 3 is 2.20 bits per heavy atom. The zero-order chi connectivity index (χ0) is 18.6. The fourth-order valence-corrected chi connectivity index (χ4v) is 6.99. The number of carbonyl (C=O) groups is 2. The first kappa shape index (κ1) is 19.9. The highest BCUT2D eigenvalue weighted by Gasteiger charge is 2.44. The Bertz CT molecular complexity index is 679. The van der Waals surface area contributed by atoms with Gasteiger partial charge >= 0.3 is 5.97 Å². The van der Waals surface area contributed by atoms with Crippen LogP contribution in [0.25, 0.3) is 0 Å².